The third-order valence-electron chi connectivity index (χ3n) is 4.27. The maximum atomic E-state index is 12.1. The van der Waals surface area contributed by atoms with Gasteiger partial charge in [-0.15, -0.1) is 0 Å². The molecule has 3 rings (SSSR count). The lowest BCUT2D eigenvalue weighted by atomic mass is 9.98. The molecule has 6 nitrogen and oxygen atoms in total. The third-order valence-corrected chi connectivity index (χ3v) is 4.27. The molecule has 6 heteroatoms. The fraction of sp³-hybridized carbons (Fsp3) is 0.286. The highest BCUT2D eigenvalue weighted by Crippen LogP contribution is 2.23. The first-order valence-electron chi connectivity index (χ1n) is 8.98. The number of amides is 1. The molecule has 0 unspecified atom stereocenters. The summed E-state index contributed by atoms with van der Waals surface area (Å²) in [6, 6.07) is 11.5. The molecule has 0 bridgehead atoms. The zero-order chi connectivity index (χ0) is 19.2. The maximum Gasteiger partial charge on any atom is 0.258 e. The van der Waals surface area contributed by atoms with Gasteiger partial charge in [0, 0.05) is 25.1 Å². The van der Waals surface area contributed by atoms with E-state index in [1.807, 2.05) is 36.5 Å². The molecule has 27 heavy (non-hydrogen) atoms. The number of nitrogens with zero attached hydrogens (tertiary/aromatic N) is 3. The molecule has 0 atom stereocenters. The van der Waals surface area contributed by atoms with Gasteiger partial charge in [-0.2, -0.15) is 5.10 Å². The van der Waals surface area contributed by atoms with Crippen molar-refractivity contribution in [2.45, 2.75) is 33.2 Å². The number of nitrogens with one attached hydrogen (secondary N) is 1. The van der Waals surface area contributed by atoms with E-state index in [0.717, 1.165) is 5.56 Å². The van der Waals surface area contributed by atoms with Gasteiger partial charge in [0.25, 0.3) is 5.91 Å². The number of aryl methyl sites for hydroxylation is 1. The molecule has 0 aliphatic rings. The van der Waals surface area contributed by atoms with Crippen LogP contribution >= 0.6 is 0 Å². The molecule has 140 valence electrons. The van der Waals surface area contributed by atoms with Crippen molar-refractivity contribution in [3.05, 3.63) is 71.7 Å². The molecule has 1 aromatic carbocycles. The summed E-state index contributed by atoms with van der Waals surface area (Å²) >= 11 is 0. The van der Waals surface area contributed by atoms with Gasteiger partial charge in [0.15, 0.2) is 12.4 Å². The molecule has 0 aliphatic heterocycles. The molecular weight excluding hydrogens is 340 g/mol. The highest BCUT2D eigenvalue weighted by Gasteiger charge is 2.07. The lowest BCUT2D eigenvalue weighted by Gasteiger charge is -2.12. The van der Waals surface area contributed by atoms with E-state index in [1.54, 1.807) is 17.1 Å². The zero-order valence-corrected chi connectivity index (χ0v) is 15.8. The topological polar surface area (TPSA) is 69.0 Å². The second-order valence-electron chi connectivity index (χ2n) is 6.71. The first-order valence-corrected chi connectivity index (χ1v) is 8.98. The lowest BCUT2D eigenvalue weighted by Crippen LogP contribution is -2.28. The molecule has 2 heterocycles. The Balaban J connectivity index is 1.52. The van der Waals surface area contributed by atoms with Crippen molar-refractivity contribution in [1.82, 2.24) is 20.1 Å². The van der Waals surface area contributed by atoms with Crippen LogP contribution in [0.5, 0.6) is 5.75 Å². The van der Waals surface area contributed by atoms with E-state index in [0.29, 0.717) is 24.0 Å². The number of carbonyl (C=O) groups is 1. The Morgan fingerprint density at radius 3 is 2.78 bits per heavy atom. The van der Waals surface area contributed by atoms with Crippen LogP contribution < -0.4 is 10.1 Å². The standard InChI is InChI=1S/C21H24N4O2/c1-15(2)19-6-5-18(11-16(19)3)27-14-21(26)23-13-17-7-9-22-20(12-17)25-10-4-8-24-25/h4-12,15H,13-14H2,1-3H3,(H,23,26). The van der Waals surface area contributed by atoms with E-state index >= 15 is 0 Å². The molecule has 2 aromatic heterocycles. The summed E-state index contributed by atoms with van der Waals surface area (Å²) in [5.74, 6) is 1.72. The minimum Gasteiger partial charge on any atom is -0.484 e. The SMILES string of the molecule is Cc1cc(OCC(=O)NCc2ccnc(-n3cccn3)c2)ccc1C(C)C. The summed E-state index contributed by atoms with van der Waals surface area (Å²) in [6.07, 6.45) is 5.22. The first kappa shape index (κ1) is 18.6. The zero-order valence-electron chi connectivity index (χ0n) is 15.8. The molecule has 0 saturated heterocycles. The summed E-state index contributed by atoms with van der Waals surface area (Å²) in [5.41, 5.74) is 3.41. The van der Waals surface area contributed by atoms with Gasteiger partial charge in [0.2, 0.25) is 0 Å². The number of hydrogen-bond acceptors (Lipinski definition) is 4. The molecule has 0 aliphatic carbocycles. The molecular formula is C21H24N4O2. The van der Waals surface area contributed by atoms with E-state index < -0.39 is 0 Å². The number of ether oxygens (including phenoxy) is 1. The molecule has 0 fully saturated rings. The summed E-state index contributed by atoms with van der Waals surface area (Å²) in [4.78, 5) is 16.4. The van der Waals surface area contributed by atoms with Gasteiger partial charge in [-0.3, -0.25) is 4.79 Å². The van der Waals surface area contributed by atoms with Crippen molar-refractivity contribution in [2.24, 2.45) is 0 Å². The Labute approximate surface area is 159 Å². The monoisotopic (exact) mass is 364 g/mol. The van der Waals surface area contributed by atoms with Crippen LogP contribution in [-0.2, 0) is 11.3 Å². The summed E-state index contributed by atoms with van der Waals surface area (Å²) in [6.45, 7) is 6.77. The predicted octanol–water partition coefficient (Wildman–Crippen LogP) is 3.39. The average Bonchev–Trinajstić information content (AvgIpc) is 3.19. The predicted molar refractivity (Wildman–Crippen MR) is 104 cm³/mol. The highest BCUT2D eigenvalue weighted by molar-refractivity contribution is 5.77. The van der Waals surface area contributed by atoms with Gasteiger partial charge in [-0.25, -0.2) is 9.67 Å². The lowest BCUT2D eigenvalue weighted by molar-refractivity contribution is -0.123. The summed E-state index contributed by atoms with van der Waals surface area (Å²) < 4.78 is 7.29. The van der Waals surface area contributed by atoms with Gasteiger partial charge in [-0.1, -0.05) is 19.9 Å². The van der Waals surface area contributed by atoms with Crippen LogP contribution in [0.4, 0.5) is 0 Å². The van der Waals surface area contributed by atoms with Crippen molar-refractivity contribution < 1.29 is 9.53 Å². The first-order chi connectivity index (χ1) is 13.0. The molecule has 0 radical (unpaired) electrons. The molecule has 1 N–H and O–H groups in total. The normalized spacial score (nSPS) is 10.8. The highest BCUT2D eigenvalue weighted by atomic mass is 16.5. The van der Waals surface area contributed by atoms with Crippen LogP contribution in [0.2, 0.25) is 0 Å². The Morgan fingerprint density at radius 1 is 1.22 bits per heavy atom. The van der Waals surface area contributed by atoms with Crippen LogP contribution in [0.3, 0.4) is 0 Å². The second-order valence-corrected chi connectivity index (χ2v) is 6.71. The minimum absolute atomic E-state index is 0.0163. The van der Waals surface area contributed by atoms with Crippen LogP contribution in [0.15, 0.2) is 55.0 Å². The summed E-state index contributed by atoms with van der Waals surface area (Å²) in [5, 5.41) is 7.02. The van der Waals surface area contributed by atoms with Crippen molar-refractivity contribution in [3.8, 4) is 11.6 Å². The number of aromatic nitrogens is 3. The maximum absolute atomic E-state index is 12.1. The average molecular weight is 364 g/mol. The summed E-state index contributed by atoms with van der Waals surface area (Å²) in [7, 11) is 0. The Morgan fingerprint density at radius 2 is 2.07 bits per heavy atom. The van der Waals surface area contributed by atoms with E-state index in [1.165, 1.54) is 11.1 Å². The van der Waals surface area contributed by atoms with Gasteiger partial charge in [0.1, 0.15) is 5.75 Å². The fourth-order valence-electron chi connectivity index (χ4n) is 2.89. The number of rotatable bonds is 7. The number of pyridine rings is 1. The van der Waals surface area contributed by atoms with Crippen molar-refractivity contribution in [1.29, 1.82) is 0 Å². The van der Waals surface area contributed by atoms with Crippen LogP contribution in [0.25, 0.3) is 5.82 Å². The van der Waals surface area contributed by atoms with Crippen LogP contribution in [-0.4, -0.2) is 27.3 Å². The molecule has 3 aromatic rings. The quantitative estimate of drug-likeness (QED) is 0.698. The number of carbonyl (C=O) groups excluding carboxylic acids is 1. The third kappa shape index (κ3) is 4.94. The van der Waals surface area contributed by atoms with Gasteiger partial charge < -0.3 is 10.1 Å². The van der Waals surface area contributed by atoms with Crippen LogP contribution in [0, 0.1) is 6.92 Å². The van der Waals surface area contributed by atoms with Crippen molar-refractivity contribution >= 4 is 5.91 Å². The molecule has 1 amide bonds. The van der Waals surface area contributed by atoms with E-state index in [2.05, 4.69) is 42.2 Å². The van der Waals surface area contributed by atoms with E-state index in [9.17, 15) is 4.79 Å². The fourth-order valence-corrected chi connectivity index (χ4v) is 2.89. The Hall–Kier alpha value is -3.15. The number of hydrogen-bond donors (Lipinski definition) is 1. The van der Waals surface area contributed by atoms with Crippen molar-refractivity contribution in [3.63, 3.8) is 0 Å². The molecule has 0 saturated carbocycles. The van der Waals surface area contributed by atoms with Crippen LogP contribution in [0.1, 0.15) is 36.5 Å². The van der Waals surface area contributed by atoms with Gasteiger partial charge in [0.05, 0.1) is 0 Å². The smallest absolute Gasteiger partial charge is 0.258 e. The van der Waals surface area contributed by atoms with Gasteiger partial charge in [-0.05, 0) is 59.9 Å². The Kier molecular flexibility index (Phi) is 5.86. The van der Waals surface area contributed by atoms with Crippen molar-refractivity contribution in [2.75, 3.05) is 6.61 Å². The largest absolute Gasteiger partial charge is 0.484 e. The number of benzene rings is 1. The van der Waals surface area contributed by atoms with E-state index in [-0.39, 0.29) is 12.5 Å². The minimum atomic E-state index is -0.168. The molecule has 0 spiro atoms. The second kappa shape index (κ2) is 8.49. The van der Waals surface area contributed by atoms with Gasteiger partial charge >= 0.3 is 0 Å². The Bertz CT molecular complexity index is 904. The van der Waals surface area contributed by atoms with E-state index in [4.69, 9.17) is 4.74 Å².